The van der Waals surface area contributed by atoms with E-state index in [0.717, 1.165) is 15.8 Å². The number of H-pyrrole nitrogens is 2. The molecule has 3 aromatic rings. The number of rotatable bonds is 2. The quantitative estimate of drug-likeness (QED) is 0.733. The maximum absolute atomic E-state index is 13.3. The molecule has 0 radical (unpaired) electrons. The summed E-state index contributed by atoms with van der Waals surface area (Å²) in [4.78, 5) is 23.0. The Morgan fingerprint density at radius 1 is 1.27 bits per heavy atom. The largest absolute Gasteiger partial charge is 0.411 e. The monoisotopic (exact) mass is 364 g/mol. The Balaban J connectivity index is 1.82. The standard InChI is InChI=1S/C17H15F3N4O2/c18-17(19,20)13-9-26-6-5-24(13)14-7-10(8-15(25)23-14)11-1-3-21-16-12(11)2-4-22-16/h1-4,7-8,13H,5-6,9H2,(H,21,22)(H,23,25). The van der Waals surface area contributed by atoms with Crippen LogP contribution in [0.4, 0.5) is 19.0 Å². The molecule has 0 aliphatic carbocycles. The molecule has 136 valence electrons. The number of nitrogens with zero attached hydrogens (tertiary/aromatic N) is 2. The van der Waals surface area contributed by atoms with Crippen LogP contribution in [0.1, 0.15) is 0 Å². The van der Waals surface area contributed by atoms with Crippen LogP contribution in [-0.2, 0) is 4.74 Å². The molecule has 1 unspecified atom stereocenters. The maximum Gasteiger partial charge on any atom is 0.411 e. The van der Waals surface area contributed by atoms with E-state index >= 15 is 0 Å². The van der Waals surface area contributed by atoms with Gasteiger partial charge in [-0.25, -0.2) is 4.98 Å². The molecule has 3 aromatic heterocycles. The summed E-state index contributed by atoms with van der Waals surface area (Å²) in [6, 6.07) is 4.68. The van der Waals surface area contributed by atoms with Crippen molar-refractivity contribution in [1.82, 2.24) is 15.0 Å². The Labute approximate surface area is 145 Å². The minimum atomic E-state index is -4.46. The molecule has 0 bridgehead atoms. The number of aromatic nitrogens is 3. The van der Waals surface area contributed by atoms with Gasteiger partial charge in [-0.3, -0.25) is 4.79 Å². The molecule has 2 N–H and O–H groups in total. The summed E-state index contributed by atoms with van der Waals surface area (Å²) in [5.74, 6) is 0.124. The van der Waals surface area contributed by atoms with Crippen LogP contribution >= 0.6 is 0 Å². The first-order chi connectivity index (χ1) is 12.4. The van der Waals surface area contributed by atoms with Crippen molar-refractivity contribution in [3.63, 3.8) is 0 Å². The Morgan fingerprint density at radius 3 is 2.92 bits per heavy atom. The van der Waals surface area contributed by atoms with Gasteiger partial charge in [0.1, 0.15) is 17.5 Å². The third-order valence-electron chi connectivity index (χ3n) is 4.42. The molecule has 26 heavy (non-hydrogen) atoms. The normalized spacial score (nSPS) is 18.4. The van der Waals surface area contributed by atoms with Crippen LogP contribution in [0.2, 0.25) is 0 Å². The molecular formula is C17H15F3N4O2. The Kier molecular flexibility index (Phi) is 3.95. The van der Waals surface area contributed by atoms with Gasteiger partial charge in [0.15, 0.2) is 0 Å². The van der Waals surface area contributed by atoms with Gasteiger partial charge in [-0.05, 0) is 29.3 Å². The number of nitrogens with one attached hydrogen (secondary N) is 2. The summed E-state index contributed by atoms with van der Waals surface area (Å²) >= 11 is 0. The van der Waals surface area contributed by atoms with Gasteiger partial charge in [-0.15, -0.1) is 0 Å². The Bertz CT molecular complexity index is 995. The van der Waals surface area contributed by atoms with Crippen molar-refractivity contribution in [3.8, 4) is 11.1 Å². The van der Waals surface area contributed by atoms with Gasteiger partial charge in [-0.2, -0.15) is 13.2 Å². The van der Waals surface area contributed by atoms with Crippen molar-refractivity contribution >= 4 is 16.9 Å². The zero-order valence-electron chi connectivity index (χ0n) is 13.5. The molecule has 1 saturated heterocycles. The second kappa shape index (κ2) is 6.17. The maximum atomic E-state index is 13.3. The third kappa shape index (κ3) is 2.94. The lowest BCUT2D eigenvalue weighted by Gasteiger charge is -2.37. The van der Waals surface area contributed by atoms with E-state index in [4.69, 9.17) is 4.74 Å². The Morgan fingerprint density at radius 2 is 2.12 bits per heavy atom. The van der Waals surface area contributed by atoms with E-state index in [1.54, 1.807) is 24.5 Å². The zero-order valence-corrected chi connectivity index (χ0v) is 13.5. The van der Waals surface area contributed by atoms with Crippen molar-refractivity contribution in [2.75, 3.05) is 24.7 Å². The van der Waals surface area contributed by atoms with Gasteiger partial charge in [0, 0.05) is 30.4 Å². The molecule has 1 atom stereocenters. The SMILES string of the molecule is O=c1cc(-c2ccnc3[nH]ccc23)cc(N2CCOCC2C(F)(F)F)[nH]1. The molecule has 4 heterocycles. The van der Waals surface area contributed by atoms with Crippen molar-refractivity contribution in [1.29, 1.82) is 0 Å². The number of ether oxygens (including phenoxy) is 1. The molecule has 0 amide bonds. The molecule has 0 aromatic carbocycles. The summed E-state index contributed by atoms with van der Waals surface area (Å²) in [5.41, 5.74) is 1.43. The van der Waals surface area contributed by atoms with Crippen LogP contribution < -0.4 is 10.5 Å². The highest BCUT2D eigenvalue weighted by molar-refractivity contribution is 5.93. The van der Waals surface area contributed by atoms with Crippen molar-refractivity contribution in [2.45, 2.75) is 12.2 Å². The van der Waals surface area contributed by atoms with Crippen LogP contribution in [0.5, 0.6) is 0 Å². The van der Waals surface area contributed by atoms with Gasteiger partial charge in [0.25, 0.3) is 0 Å². The molecule has 9 heteroatoms. The van der Waals surface area contributed by atoms with E-state index in [9.17, 15) is 18.0 Å². The smallest absolute Gasteiger partial charge is 0.377 e. The van der Waals surface area contributed by atoms with Gasteiger partial charge in [0.2, 0.25) is 5.56 Å². The number of pyridine rings is 2. The summed E-state index contributed by atoms with van der Waals surface area (Å²) in [5, 5.41) is 0.790. The van der Waals surface area contributed by atoms with E-state index in [1.807, 2.05) is 6.07 Å². The summed E-state index contributed by atoms with van der Waals surface area (Å²) in [6.45, 7) is -0.261. The lowest BCUT2D eigenvalue weighted by Crippen LogP contribution is -2.54. The fourth-order valence-electron chi connectivity index (χ4n) is 3.21. The summed E-state index contributed by atoms with van der Waals surface area (Å²) in [6.07, 6.45) is -1.16. The summed E-state index contributed by atoms with van der Waals surface area (Å²) in [7, 11) is 0. The fourth-order valence-corrected chi connectivity index (χ4v) is 3.21. The van der Waals surface area contributed by atoms with E-state index in [1.165, 1.54) is 6.07 Å². The first kappa shape index (κ1) is 16.6. The van der Waals surface area contributed by atoms with Crippen LogP contribution in [0.15, 0.2) is 41.5 Å². The summed E-state index contributed by atoms with van der Waals surface area (Å²) < 4.78 is 45.0. The number of hydrogen-bond donors (Lipinski definition) is 2. The number of halogens is 3. The fraction of sp³-hybridized carbons (Fsp3) is 0.294. The number of aromatic amines is 2. The molecular weight excluding hydrogens is 349 g/mol. The minimum absolute atomic E-state index is 0.0412. The van der Waals surface area contributed by atoms with Crippen LogP contribution in [0.3, 0.4) is 0 Å². The molecule has 1 fully saturated rings. The van der Waals surface area contributed by atoms with E-state index in [-0.39, 0.29) is 19.0 Å². The highest BCUT2D eigenvalue weighted by Gasteiger charge is 2.45. The number of fused-ring (bicyclic) bond motifs is 1. The second-order valence-electron chi connectivity index (χ2n) is 6.04. The zero-order chi connectivity index (χ0) is 18.3. The first-order valence-corrected chi connectivity index (χ1v) is 8.01. The lowest BCUT2D eigenvalue weighted by molar-refractivity contribution is -0.167. The number of anilines is 1. The predicted molar refractivity (Wildman–Crippen MR) is 90.2 cm³/mol. The molecule has 0 spiro atoms. The highest BCUT2D eigenvalue weighted by Crippen LogP contribution is 2.32. The minimum Gasteiger partial charge on any atom is -0.377 e. The van der Waals surface area contributed by atoms with Gasteiger partial charge in [-0.1, -0.05) is 0 Å². The number of morpholine rings is 1. The van der Waals surface area contributed by atoms with Crippen molar-refractivity contribution in [3.05, 3.63) is 47.0 Å². The van der Waals surface area contributed by atoms with Gasteiger partial charge in [0.05, 0.1) is 13.2 Å². The molecule has 1 aliphatic rings. The Hall–Kier alpha value is -2.81. The second-order valence-corrected chi connectivity index (χ2v) is 6.04. The van der Waals surface area contributed by atoms with Gasteiger partial charge >= 0.3 is 6.18 Å². The highest BCUT2D eigenvalue weighted by atomic mass is 19.4. The number of hydrogen-bond acceptors (Lipinski definition) is 4. The molecule has 1 aliphatic heterocycles. The molecule has 0 saturated carbocycles. The van der Waals surface area contributed by atoms with Gasteiger partial charge < -0.3 is 19.6 Å². The van der Waals surface area contributed by atoms with Crippen LogP contribution in [0, 0.1) is 0 Å². The van der Waals surface area contributed by atoms with Crippen LogP contribution in [-0.4, -0.2) is 46.9 Å². The van der Waals surface area contributed by atoms with Crippen LogP contribution in [0.25, 0.3) is 22.2 Å². The lowest BCUT2D eigenvalue weighted by atomic mass is 10.0. The third-order valence-corrected chi connectivity index (χ3v) is 4.42. The van der Waals surface area contributed by atoms with Crippen molar-refractivity contribution < 1.29 is 17.9 Å². The molecule has 6 nitrogen and oxygen atoms in total. The van der Waals surface area contributed by atoms with E-state index in [2.05, 4.69) is 15.0 Å². The van der Waals surface area contributed by atoms with E-state index in [0.29, 0.717) is 11.2 Å². The van der Waals surface area contributed by atoms with E-state index < -0.39 is 24.4 Å². The average Bonchev–Trinajstić information content (AvgIpc) is 3.09. The predicted octanol–water partition coefficient (Wildman–Crippen LogP) is 2.69. The van der Waals surface area contributed by atoms with Crippen molar-refractivity contribution in [2.24, 2.45) is 0 Å². The first-order valence-electron chi connectivity index (χ1n) is 8.01. The average molecular weight is 364 g/mol. The topological polar surface area (TPSA) is 74.0 Å². The molecule has 4 rings (SSSR count). The number of alkyl halides is 3.